The van der Waals surface area contributed by atoms with E-state index in [4.69, 9.17) is 7.49 Å². The normalized spacial score (nSPS) is 10.2. The molecule has 0 fully saturated rings. The molecule has 1 radical (unpaired) electrons. The number of rotatable bonds is 3. The molecule has 0 aromatic carbocycles. The van der Waals surface area contributed by atoms with Gasteiger partial charge in [-0.25, -0.2) is 0 Å². The molecule has 0 aliphatic rings. The van der Waals surface area contributed by atoms with Crippen molar-refractivity contribution in [2.45, 2.75) is 19.9 Å². The first kappa shape index (κ1) is 7.47. The molecule has 2 heteroatoms. The molecule has 0 heterocycles. The van der Waals surface area contributed by atoms with E-state index >= 15 is 0 Å². The molecule has 43 valence electrons. The molecule has 0 saturated carbocycles. The van der Waals surface area contributed by atoms with E-state index in [1.165, 1.54) is 5.97 Å². The first-order chi connectivity index (χ1) is 3.77. The van der Waals surface area contributed by atoms with E-state index in [1.807, 2.05) is 6.20 Å². The molecule has 1 N–H and O–H groups in total. The molecular weight excluding hydrogens is 96.9 g/mol. The number of nitrogens with one attached hydrogen (secondary N) is 1. The van der Waals surface area contributed by atoms with Crippen molar-refractivity contribution < 1.29 is 0 Å². The van der Waals surface area contributed by atoms with Crippen LogP contribution in [0.25, 0.3) is 0 Å². The number of hydrogen-bond acceptors (Lipinski definition) is 1. The van der Waals surface area contributed by atoms with Crippen LogP contribution in [0.4, 0.5) is 0 Å². The van der Waals surface area contributed by atoms with Crippen LogP contribution < -0.4 is 5.32 Å². The van der Waals surface area contributed by atoms with Crippen molar-refractivity contribution in [1.82, 2.24) is 5.32 Å². The molecule has 0 aliphatic heterocycles. The van der Waals surface area contributed by atoms with Gasteiger partial charge >= 0.3 is 50.9 Å². The predicted molar refractivity (Wildman–Crippen MR) is 39.2 cm³/mol. The third-order valence-corrected chi connectivity index (χ3v) is 0.637. The molecule has 0 aromatic rings. The van der Waals surface area contributed by atoms with Gasteiger partial charge in [0.1, 0.15) is 0 Å². The average molecular weight is 108 g/mol. The van der Waals surface area contributed by atoms with Gasteiger partial charge in [-0.3, -0.25) is 0 Å². The summed E-state index contributed by atoms with van der Waals surface area (Å²) in [6, 6.07) is 0.492. The van der Waals surface area contributed by atoms with Crippen molar-refractivity contribution in [3.8, 4) is 0 Å². The van der Waals surface area contributed by atoms with Gasteiger partial charge in [0.15, 0.2) is 0 Å². The average Bonchev–Trinajstić information content (AvgIpc) is 1.66. The van der Waals surface area contributed by atoms with Crippen LogP contribution in [0.15, 0.2) is 12.3 Å². The zero-order valence-electron chi connectivity index (χ0n) is 5.39. The van der Waals surface area contributed by atoms with Gasteiger partial charge in [0.05, 0.1) is 0 Å². The molecule has 0 unspecified atom stereocenters. The third-order valence-electron chi connectivity index (χ3n) is 0.637. The Balaban J connectivity index is 3.15. The van der Waals surface area contributed by atoms with Crippen LogP contribution in [0, 0.1) is 0 Å². The predicted octanol–water partition coefficient (Wildman–Crippen LogP) is 0.469. The Morgan fingerprint density at radius 3 is 2.50 bits per heavy atom. The Bertz CT molecular complexity index is 86.5. The molecule has 8 heavy (non-hydrogen) atoms. The zero-order valence-corrected chi connectivity index (χ0v) is 5.39. The second-order valence-electron chi connectivity index (χ2n) is 1.87. The molecule has 0 aromatic heterocycles. The Labute approximate surface area is 51.9 Å². The first-order valence-electron chi connectivity index (χ1n) is 2.73. The topological polar surface area (TPSA) is 12.0 Å². The van der Waals surface area contributed by atoms with Crippen molar-refractivity contribution in [3.63, 3.8) is 0 Å². The number of allylic oxidation sites excluding steroid dienone is 1. The van der Waals surface area contributed by atoms with E-state index in [-0.39, 0.29) is 0 Å². The molecule has 0 bridgehead atoms. The Morgan fingerprint density at radius 1 is 1.50 bits per heavy atom. The molecule has 1 nitrogen and oxygen atoms in total. The molecule has 0 spiro atoms. The van der Waals surface area contributed by atoms with Crippen LogP contribution in [-0.4, -0.2) is 19.5 Å². The molecule has 0 saturated heterocycles. The van der Waals surface area contributed by atoms with Crippen molar-refractivity contribution in [2.24, 2.45) is 0 Å². The van der Waals surface area contributed by atoms with Crippen LogP contribution in [0.1, 0.15) is 13.8 Å². The summed E-state index contributed by atoms with van der Waals surface area (Å²) in [6.07, 6.45) is 3.59. The van der Waals surface area contributed by atoms with E-state index in [0.29, 0.717) is 6.04 Å². The van der Waals surface area contributed by atoms with Gasteiger partial charge in [-0.05, 0) is 0 Å². The summed E-state index contributed by atoms with van der Waals surface area (Å²) in [7, 11) is 5.06. The van der Waals surface area contributed by atoms with Crippen LogP contribution in [-0.2, 0) is 0 Å². The number of hydrogen-bond donors (Lipinski definition) is 1. The maximum absolute atomic E-state index is 5.06. The molecule has 0 aliphatic carbocycles. The van der Waals surface area contributed by atoms with Crippen molar-refractivity contribution in [1.29, 1.82) is 0 Å². The van der Waals surface area contributed by atoms with Gasteiger partial charge in [-0.2, -0.15) is 0 Å². The zero-order chi connectivity index (χ0) is 6.41. The van der Waals surface area contributed by atoms with Gasteiger partial charge in [0, 0.05) is 0 Å². The van der Waals surface area contributed by atoms with Gasteiger partial charge in [-0.1, -0.05) is 0 Å². The van der Waals surface area contributed by atoms with E-state index in [2.05, 4.69) is 19.2 Å². The minimum absolute atomic E-state index is 0.492. The van der Waals surface area contributed by atoms with E-state index in [0.717, 1.165) is 0 Å². The van der Waals surface area contributed by atoms with Crippen molar-refractivity contribution in [2.75, 3.05) is 0 Å². The summed E-state index contributed by atoms with van der Waals surface area (Å²) in [5, 5.41) is 3.05. The molecule has 0 atom stereocenters. The summed E-state index contributed by atoms with van der Waals surface area (Å²) >= 11 is 0. The molecule has 0 amide bonds. The SMILES string of the molecule is [B]=C/C=C\NC(C)C. The van der Waals surface area contributed by atoms with Crippen LogP contribution in [0.5, 0.6) is 0 Å². The third kappa shape index (κ3) is 5.47. The van der Waals surface area contributed by atoms with Crippen molar-refractivity contribution in [3.05, 3.63) is 12.3 Å². The van der Waals surface area contributed by atoms with Gasteiger partial charge in [0.2, 0.25) is 0 Å². The van der Waals surface area contributed by atoms with Gasteiger partial charge in [0.25, 0.3) is 0 Å². The second-order valence-corrected chi connectivity index (χ2v) is 1.87. The fourth-order valence-corrected chi connectivity index (χ4v) is 0.304. The fraction of sp³-hybridized carbons (Fsp3) is 0.500. The van der Waals surface area contributed by atoms with Crippen molar-refractivity contribution >= 4 is 13.5 Å². The van der Waals surface area contributed by atoms with E-state index < -0.39 is 0 Å². The van der Waals surface area contributed by atoms with Crippen LogP contribution >= 0.6 is 0 Å². The minimum atomic E-state index is 0.492. The van der Waals surface area contributed by atoms with Gasteiger partial charge in [-0.15, -0.1) is 0 Å². The fourth-order valence-electron chi connectivity index (χ4n) is 0.304. The maximum atomic E-state index is 5.06. The van der Waals surface area contributed by atoms with E-state index in [1.54, 1.807) is 6.08 Å². The Kier molecular flexibility index (Phi) is 4.33. The Hall–Kier alpha value is -0.525. The summed E-state index contributed by atoms with van der Waals surface area (Å²) in [6.45, 7) is 4.14. The summed E-state index contributed by atoms with van der Waals surface area (Å²) in [4.78, 5) is 0. The standard InChI is InChI=1S/C6H11BN/c1-6(2)8-5-3-4-7/h3-6,8H,1-2H3/b5-3-. The van der Waals surface area contributed by atoms with Gasteiger partial charge < -0.3 is 0 Å². The monoisotopic (exact) mass is 108 g/mol. The Morgan fingerprint density at radius 2 is 2.12 bits per heavy atom. The first-order valence-corrected chi connectivity index (χ1v) is 2.73. The summed E-state index contributed by atoms with van der Waals surface area (Å²) < 4.78 is 0. The summed E-state index contributed by atoms with van der Waals surface area (Å²) in [5.41, 5.74) is 0. The summed E-state index contributed by atoms with van der Waals surface area (Å²) in [5.74, 6) is 1.50. The van der Waals surface area contributed by atoms with Crippen LogP contribution in [0.2, 0.25) is 0 Å². The van der Waals surface area contributed by atoms with E-state index in [9.17, 15) is 0 Å². The second kappa shape index (κ2) is 4.63. The quantitative estimate of drug-likeness (QED) is 0.518. The molecular formula is C6H11BN. The molecule has 0 rings (SSSR count). The van der Waals surface area contributed by atoms with Crippen LogP contribution in [0.3, 0.4) is 0 Å².